The Morgan fingerprint density at radius 3 is 3.00 bits per heavy atom. The highest BCUT2D eigenvalue weighted by atomic mass is 16.3. The third kappa shape index (κ3) is 3.01. The molecule has 1 N–H and O–H groups in total. The highest BCUT2D eigenvalue weighted by Gasteiger charge is 2.26. The zero-order valence-electron chi connectivity index (χ0n) is 10.6. The van der Waals surface area contributed by atoms with Gasteiger partial charge >= 0.3 is 0 Å². The first-order valence-electron chi connectivity index (χ1n) is 6.36. The predicted octanol–water partition coefficient (Wildman–Crippen LogP) is 0.286. The molecule has 2 atom stereocenters. The summed E-state index contributed by atoms with van der Waals surface area (Å²) in [4.78, 5) is 2.31. The number of aliphatic hydroxyl groups is 1. The number of hydrogen-bond donors (Lipinski definition) is 1. The van der Waals surface area contributed by atoms with E-state index in [1.54, 1.807) is 0 Å². The van der Waals surface area contributed by atoms with Crippen molar-refractivity contribution in [3.63, 3.8) is 0 Å². The molecular weight excluding hydrogens is 218 g/mol. The van der Waals surface area contributed by atoms with Crippen LogP contribution in [0.4, 0.5) is 0 Å². The average Bonchev–Trinajstić information content (AvgIpc) is 2.90. The second-order valence-electron chi connectivity index (χ2n) is 4.84. The van der Waals surface area contributed by atoms with Crippen molar-refractivity contribution >= 4 is 0 Å². The van der Waals surface area contributed by atoms with Gasteiger partial charge in [0.2, 0.25) is 0 Å². The zero-order valence-corrected chi connectivity index (χ0v) is 10.6. The van der Waals surface area contributed by atoms with E-state index in [2.05, 4.69) is 27.3 Å². The van der Waals surface area contributed by atoms with Crippen molar-refractivity contribution < 1.29 is 5.11 Å². The molecule has 0 aliphatic carbocycles. The molecule has 1 aliphatic rings. The molecule has 2 unspecified atom stereocenters. The molecule has 6 nitrogen and oxygen atoms in total. The Labute approximate surface area is 102 Å². The lowest BCUT2D eigenvalue weighted by molar-refractivity contribution is 0.126. The zero-order chi connectivity index (χ0) is 12.3. The first kappa shape index (κ1) is 12.4. The largest absolute Gasteiger partial charge is 0.393 e. The summed E-state index contributed by atoms with van der Waals surface area (Å²) < 4.78 is 1.87. The Kier molecular flexibility index (Phi) is 4.06. The maximum Gasteiger partial charge on any atom is 0.165 e. The van der Waals surface area contributed by atoms with Gasteiger partial charge in [0.1, 0.15) is 0 Å². The summed E-state index contributed by atoms with van der Waals surface area (Å²) in [6.07, 6.45) is 1.88. The molecule has 96 valence electrons. The van der Waals surface area contributed by atoms with Gasteiger partial charge in [-0.15, -0.1) is 5.10 Å². The van der Waals surface area contributed by atoms with Crippen molar-refractivity contribution in [3.05, 3.63) is 5.82 Å². The molecule has 0 amide bonds. The molecule has 2 heterocycles. The van der Waals surface area contributed by atoms with Gasteiger partial charge in [0.15, 0.2) is 5.82 Å². The summed E-state index contributed by atoms with van der Waals surface area (Å²) in [7, 11) is 0. The van der Waals surface area contributed by atoms with E-state index < -0.39 is 0 Å². The van der Waals surface area contributed by atoms with Gasteiger partial charge in [-0.05, 0) is 42.7 Å². The Morgan fingerprint density at radius 2 is 2.35 bits per heavy atom. The van der Waals surface area contributed by atoms with Crippen molar-refractivity contribution in [2.75, 3.05) is 13.1 Å². The third-order valence-corrected chi connectivity index (χ3v) is 3.40. The van der Waals surface area contributed by atoms with Crippen LogP contribution in [0, 0.1) is 5.92 Å². The number of hydrogen-bond acceptors (Lipinski definition) is 5. The summed E-state index contributed by atoms with van der Waals surface area (Å²) in [6, 6.07) is 0. The topological polar surface area (TPSA) is 67.1 Å². The predicted molar refractivity (Wildman–Crippen MR) is 63.2 cm³/mol. The summed E-state index contributed by atoms with van der Waals surface area (Å²) in [5, 5.41) is 21.3. The average molecular weight is 239 g/mol. The summed E-state index contributed by atoms with van der Waals surface area (Å²) in [5.74, 6) is 1.32. The molecule has 1 fully saturated rings. The molecule has 1 aromatic rings. The van der Waals surface area contributed by atoms with Crippen LogP contribution in [-0.4, -0.2) is 49.4 Å². The van der Waals surface area contributed by atoms with E-state index in [9.17, 15) is 5.11 Å². The van der Waals surface area contributed by atoms with Crippen LogP contribution in [0.5, 0.6) is 0 Å². The molecule has 0 aromatic carbocycles. The minimum Gasteiger partial charge on any atom is -0.393 e. The molecule has 0 radical (unpaired) electrons. The Bertz CT molecular complexity index is 351. The van der Waals surface area contributed by atoms with Crippen molar-refractivity contribution in [1.82, 2.24) is 25.1 Å². The van der Waals surface area contributed by atoms with Crippen LogP contribution in [0.1, 0.15) is 32.5 Å². The van der Waals surface area contributed by atoms with Gasteiger partial charge in [-0.1, -0.05) is 6.92 Å². The Balaban J connectivity index is 1.91. The normalized spacial score (nSPS) is 23.1. The number of tetrazole rings is 1. The van der Waals surface area contributed by atoms with Crippen molar-refractivity contribution in [2.45, 2.75) is 45.9 Å². The van der Waals surface area contributed by atoms with Gasteiger partial charge in [-0.25, -0.2) is 4.68 Å². The quantitative estimate of drug-likeness (QED) is 0.799. The van der Waals surface area contributed by atoms with Gasteiger partial charge in [0.05, 0.1) is 12.6 Å². The minimum absolute atomic E-state index is 0.216. The highest BCUT2D eigenvalue weighted by Crippen LogP contribution is 2.20. The molecule has 0 spiro atoms. The van der Waals surface area contributed by atoms with Crippen LogP contribution < -0.4 is 0 Å². The molecule has 17 heavy (non-hydrogen) atoms. The lowest BCUT2D eigenvalue weighted by Crippen LogP contribution is -2.25. The third-order valence-electron chi connectivity index (χ3n) is 3.40. The summed E-state index contributed by atoms with van der Waals surface area (Å²) >= 11 is 0. The first-order chi connectivity index (χ1) is 8.20. The molecule has 0 saturated carbocycles. The van der Waals surface area contributed by atoms with Gasteiger partial charge < -0.3 is 5.11 Å². The van der Waals surface area contributed by atoms with Crippen LogP contribution in [-0.2, 0) is 13.1 Å². The van der Waals surface area contributed by atoms with Crippen LogP contribution in [0.3, 0.4) is 0 Å². The Morgan fingerprint density at radius 1 is 1.53 bits per heavy atom. The maximum atomic E-state index is 9.56. The molecule has 1 saturated heterocycles. The fourth-order valence-corrected chi connectivity index (χ4v) is 2.32. The number of aliphatic hydroxyl groups excluding tert-OH is 1. The maximum absolute atomic E-state index is 9.56. The SMILES string of the molecule is CCCn1nnnc1CN1CCC(C(C)O)C1. The fourth-order valence-electron chi connectivity index (χ4n) is 2.32. The second-order valence-corrected chi connectivity index (χ2v) is 4.84. The van der Waals surface area contributed by atoms with E-state index in [1.165, 1.54) is 0 Å². The number of likely N-dealkylation sites (tertiary alicyclic amines) is 1. The van der Waals surface area contributed by atoms with Crippen molar-refractivity contribution in [2.24, 2.45) is 5.92 Å². The molecule has 1 aromatic heterocycles. The van der Waals surface area contributed by atoms with Gasteiger partial charge in [0.25, 0.3) is 0 Å². The number of rotatable bonds is 5. The minimum atomic E-state index is -0.216. The first-order valence-corrected chi connectivity index (χ1v) is 6.36. The van der Waals surface area contributed by atoms with Crippen LogP contribution in [0.25, 0.3) is 0 Å². The molecule has 6 heteroatoms. The number of aryl methyl sites for hydroxylation is 1. The lowest BCUT2D eigenvalue weighted by Gasteiger charge is -2.16. The van der Waals surface area contributed by atoms with Gasteiger partial charge in [-0.3, -0.25) is 4.90 Å². The molecule has 0 bridgehead atoms. The summed E-state index contributed by atoms with van der Waals surface area (Å²) in [6.45, 7) is 7.61. The van der Waals surface area contributed by atoms with Crippen LogP contribution in [0.2, 0.25) is 0 Å². The van der Waals surface area contributed by atoms with E-state index in [0.717, 1.165) is 44.8 Å². The monoisotopic (exact) mass is 239 g/mol. The molecular formula is C11H21N5O. The number of aromatic nitrogens is 4. The van der Waals surface area contributed by atoms with E-state index in [4.69, 9.17) is 0 Å². The van der Waals surface area contributed by atoms with Gasteiger partial charge in [0, 0.05) is 13.1 Å². The van der Waals surface area contributed by atoms with E-state index in [0.29, 0.717) is 5.92 Å². The molecule has 1 aliphatic heterocycles. The standard InChI is InChI=1S/C11H21N5O/c1-3-5-16-11(12-13-14-16)8-15-6-4-10(7-15)9(2)17/h9-10,17H,3-8H2,1-2H3. The lowest BCUT2D eigenvalue weighted by atomic mass is 10.0. The fraction of sp³-hybridized carbons (Fsp3) is 0.909. The van der Waals surface area contributed by atoms with Gasteiger partial charge in [-0.2, -0.15) is 0 Å². The van der Waals surface area contributed by atoms with E-state index in [-0.39, 0.29) is 6.10 Å². The smallest absolute Gasteiger partial charge is 0.165 e. The molecule has 2 rings (SSSR count). The number of nitrogens with zero attached hydrogens (tertiary/aromatic N) is 5. The summed E-state index contributed by atoms with van der Waals surface area (Å²) in [5.41, 5.74) is 0. The van der Waals surface area contributed by atoms with Crippen molar-refractivity contribution in [3.8, 4) is 0 Å². The van der Waals surface area contributed by atoms with Crippen LogP contribution >= 0.6 is 0 Å². The van der Waals surface area contributed by atoms with Crippen molar-refractivity contribution in [1.29, 1.82) is 0 Å². The van der Waals surface area contributed by atoms with Crippen LogP contribution in [0.15, 0.2) is 0 Å². The Hall–Kier alpha value is -1.01. The second kappa shape index (κ2) is 5.55. The van der Waals surface area contributed by atoms with E-state index in [1.807, 2.05) is 11.6 Å². The van der Waals surface area contributed by atoms with E-state index >= 15 is 0 Å². The highest BCUT2D eigenvalue weighted by molar-refractivity contribution is 4.86.